The fourth-order valence-electron chi connectivity index (χ4n) is 2.44. The molecule has 0 aliphatic carbocycles. The lowest BCUT2D eigenvalue weighted by molar-refractivity contribution is 0.0532. The molecular formula is C14H18N6O2S. The maximum absolute atomic E-state index is 12.0. The van der Waals surface area contributed by atoms with Gasteiger partial charge < -0.3 is 20.3 Å². The Balaban J connectivity index is 1.72. The van der Waals surface area contributed by atoms with Gasteiger partial charge in [-0.15, -0.1) is 0 Å². The van der Waals surface area contributed by atoms with Crippen molar-refractivity contribution in [3.63, 3.8) is 0 Å². The van der Waals surface area contributed by atoms with Crippen LogP contribution in [0, 0.1) is 0 Å². The van der Waals surface area contributed by atoms with Crippen molar-refractivity contribution in [2.24, 2.45) is 0 Å². The Labute approximate surface area is 137 Å². The number of carbonyl (C=O) groups excluding carboxylic acids is 1. The third-order valence-electron chi connectivity index (χ3n) is 3.50. The van der Waals surface area contributed by atoms with Gasteiger partial charge in [0.25, 0.3) is 0 Å². The average Bonchev–Trinajstić information content (AvgIpc) is 2.98. The lowest BCUT2D eigenvalue weighted by Crippen LogP contribution is -2.47. The molecule has 122 valence electrons. The molecule has 1 fully saturated rings. The van der Waals surface area contributed by atoms with Crippen LogP contribution in [-0.4, -0.2) is 53.7 Å². The number of ether oxygens (including phenoxy) is 1. The minimum absolute atomic E-state index is 0.329. The van der Waals surface area contributed by atoms with Crippen LogP contribution in [0.5, 0.6) is 0 Å². The van der Waals surface area contributed by atoms with Crippen molar-refractivity contribution in [3.05, 3.63) is 23.3 Å². The summed E-state index contributed by atoms with van der Waals surface area (Å²) in [6, 6.07) is 1.80. The van der Waals surface area contributed by atoms with Gasteiger partial charge in [-0.1, -0.05) is 11.3 Å². The van der Waals surface area contributed by atoms with Crippen LogP contribution in [0.2, 0.25) is 0 Å². The van der Waals surface area contributed by atoms with Gasteiger partial charge in [-0.05, 0) is 13.0 Å². The van der Waals surface area contributed by atoms with Crippen molar-refractivity contribution < 1.29 is 9.53 Å². The molecule has 0 unspecified atom stereocenters. The van der Waals surface area contributed by atoms with E-state index in [1.807, 2.05) is 0 Å². The fourth-order valence-corrected chi connectivity index (χ4v) is 3.19. The predicted molar refractivity (Wildman–Crippen MR) is 88.9 cm³/mol. The number of anilines is 3. The van der Waals surface area contributed by atoms with E-state index in [9.17, 15) is 4.79 Å². The van der Waals surface area contributed by atoms with Gasteiger partial charge in [0.15, 0.2) is 15.8 Å². The SMILES string of the molecule is CCOC(=O)c1sc(N)nc1N1CCN(c2ncccn2)CC1. The molecule has 0 spiro atoms. The number of hydrogen-bond donors (Lipinski definition) is 1. The van der Waals surface area contributed by atoms with E-state index in [1.165, 1.54) is 11.3 Å². The van der Waals surface area contributed by atoms with Crippen molar-refractivity contribution in [1.82, 2.24) is 15.0 Å². The summed E-state index contributed by atoms with van der Waals surface area (Å²) in [6.45, 7) is 5.05. The zero-order valence-corrected chi connectivity index (χ0v) is 13.6. The molecule has 2 N–H and O–H groups in total. The summed E-state index contributed by atoms with van der Waals surface area (Å²) in [6.07, 6.45) is 3.46. The highest BCUT2D eigenvalue weighted by molar-refractivity contribution is 7.17. The second-order valence-corrected chi connectivity index (χ2v) is 5.98. The highest BCUT2D eigenvalue weighted by Gasteiger charge is 2.26. The average molecular weight is 334 g/mol. The quantitative estimate of drug-likeness (QED) is 0.828. The second kappa shape index (κ2) is 6.78. The molecule has 0 saturated carbocycles. The third kappa shape index (κ3) is 3.34. The summed E-state index contributed by atoms with van der Waals surface area (Å²) < 4.78 is 5.08. The zero-order chi connectivity index (χ0) is 16.2. The minimum Gasteiger partial charge on any atom is -0.462 e. The van der Waals surface area contributed by atoms with Gasteiger partial charge in [0.05, 0.1) is 6.61 Å². The van der Waals surface area contributed by atoms with E-state index in [0.717, 1.165) is 19.0 Å². The number of aromatic nitrogens is 3. The molecule has 23 heavy (non-hydrogen) atoms. The smallest absolute Gasteiger partial charge is 0.352 e. The standard InChI is InChI=1S/C14H18N6O2S/c1-2-22-12(21)10-11(18-13(15)23-10)19-6-8-20(9-7-19)14-16-4-3-5-17-14/h3-5H,2,6-9H2,1H3,(H2,15,18). The molecule has 1 saturated heterocycles. The van der Waals surface area contributed by atoms with E-state index in [0.29, 0.717) is 35.5 Å². The second-order valence-electron chi connectivity index (χ2n) is 4.95. The number of esters is 1. The predicted octanol–water partition coefficient (Wildman–Crippen LogP) is 1.02. The van der Waals surface area contributed by atoms with Crippen LogP contribution in [0.15, 0.2) is 18.5 Å². The van der Waals surface area contributed by atoms with Crippen LogP contribution in [-0.2, 0) is 4.74 Å². The maximum atomic E-state index is 12.0. The highest BCUT2D eigenvalue weighted by atomic mass is 32.1. The molecule has 3 heterocycles. The first-order valence-electron chi connectivity index (χ1n) is 7.39. The molecule has 8 nitrogen and oxygen atoms in total. The number of nitrogens with two attached hydrogens (primary N) is 1. The van der Waals surface area contributed by atoms with Gasteiger partial charge in [0.2, 0.25) is 5.95 Å². The summed E-state index contributed by atoms with van der Waals surface area (Å²) in [7, 11) is 0. The molecule has 0 radical (unpaired) electrons. The summed E-state index contributed by atoms with van der Waals surface area (Å²) in [4.78, 5) is 29.5. The number of piperazine rings is 1. The Hall–Kier alpha value is -2.42. The van der Waals surface area contributed by atoms with Crippen molar-refractivity contribution in [1.29, 1.82) is 0 Å². The number of nitrogen functional groups attached to an aromatic ring is 1. The van der Waals surface area contributed by atoms with Crippen LogP contribution >= 0.6 is 11.3 Å². The van der Waals surface area contributed by atoms with Crippen LogP contribution < -0.4 is 15.5 Å². The van der Waals surface area contributed by atoms with E-state index in [2.05, 4.69) is 24.8 Å². The van der Waals surface area contributed by atoms with Crippen molar-refractivity contribution in [3.8, 4) is 0 Å². The molecule has 1 aliphatic heterocycles. The molecule has 0 bridgehead atoms. The number of nitrogens with zero attached hydrogens (tertiary/aromatic N) is 5. The minimum atomic E-state index is -0.370. The first-order chi connectivity index (χ1) is 11.2. The molecule has 0 amide bonds. The Morgan fingerprint density at radius 1 is 1.26 bits per heavy atom. The van der Waals surface area contributed by atoms with Crippen LogP contribution in [0.25, 0.3) is 0 Å². The molecule has 2 aromatic rings. The van der Waals surface area contributed by atoms with E-state index in [4.69, 9.17) is 10.5 Å². The number of carbonyl (C=O) groups is 1. The van der Waals surface area contributed by atoms with Gasteiger partial charge in [0.1, 0.15) is 0 Å². The zero-order valence-electron chi connectivity index (χ0n) is 12.8. The number of rotatable bonds is 4. The van der Waals surface area contributed by atoms with Gasteiger partial charge >= 0.3 is 5.97 Å². The van der Waals surface area contributed by atoms with Crippen molar-refractivity contribution >= 4 is 34.2 Å². The van der Waals surface area contributed by atoms with Crippen LogP contribution in [0.1, 0.15) is 16.6 Å². The van der Waals surface area contributed by atoms with Crippen LogP contribution in [0.4, 0.5) is 16.9 Å². The van der Waals surface area contributed by atoms with Gasteiger partial charge in [-0.2, -0.15) is 0 Å². The van der Waals surface area contributed by atoms with Gasteiger partial charge in [-0.25, -0.2) is 19.7 Å². The molecule has 2 aromatic heterocycles. The fraction of sp³-hybridized carbons (Fsp3) is 0.429. The maximum Gasteiger partial charge on any atom is 0.352 e. The topological polar surface area (TPSA) is 97.5 Å². The molecular weight excluding hydrogens is 316 g/mol. The first kappa shape index (κ1) is 15.5. The van der Waals surface area contributed by atoms with E-state index < -0.39 is 0 Å². The summed E-state index contributed by atoms with van der Waals surface area (Å²) >= 11 is 1.17. The Morgan fingerprint density at radius 2 is 1.91 bits per heavy atom. The molecule has 9 heteroatoms. The van der Waals surface area contributed by atoms with E-state index >= 15 is 0 Å². The van der Waals surface area contributed by atoms with E-state index in [1.54, 1.807) is 25.4 Å². The van der Waals surface area contributed by atoms with Gasteiger partial charge in [0, 0.05) is 38.6 Å². The Morgan fingerprint density at radius 3 is 2.57 bits per heavy atom. The van der Waals surface area contributed by atoms with Crippen molar-refractivity contribution in [2.75, 3.05) is 48.3 Å². The van der Waals surface area contributed by atoms with Crippen molar-refractivity contribution in [2.45, 2.75) is 6.92 Å². The summed E-state index contributed by atoms with van der Waals surface area (Å²) in [5.41, 5.74) is 5.78. The monoisotopic (exact) mass is 334 g/mol. The molecule has 3 rings (SSSR count). The number of thiazole rings is 1. The van der Waals surface area contributed by atoms with Gasteiger partial charge in [-0.3, -0.25) is 0 Å². The first-order valence-corrected chi connectivity index (χ1v) is 8.21. The normalized spacial score (nSPS) is 14.8. The lowest BCUT2D eigenvalue weighted by Gasteiger charge is -2.35. The Bertz CT molecular complexity index is 669. The summed E-state index contributed by atoms with van der Waals surface area (Å²) in [5.74, 6) is 0.959. The molecule has 0 aromatic carbocycles. The van der Waals surface area contributed by atoms with Crippen LogP contribution in [0.3, 0.4) is 0 Å². The summed E-state index contributed by atoms with van der Waals surface area (Å²) in [5, 5.41) is 0.372. The largest absolute Gasteiger partial charge is 0.462 e. The molecule has 0 atom stereocenters. The lowest BCUT2D eigenvalue weighted by atomic mass is 10.3. The third-order valence-corrected chi connectivity index (χ3v) is 4.35. The van der Waals surface area contributed by atoms with E-state index in [-0.39, 0.29) is 5.97 Å². The molecule has 1 aliphatic rings. The highest BCUT2D eigenvalue weighted by Crippen LogP contribution is 2.29. The Kier molecular flexibility index (Phi) is 4.56. The number of hydrogen-bond acceptors (Lipinski definition) is 9.